The minimum Gasteiger partial charge on any atom is -0.335 e. The Hall–Kier alpha value is -3.20. The largest absolute Gasteiger partial charge is 0.335 e. The maximum Gasteiger partial charge on any atom is 0.234 e. The predicted molar refractivity (Wildman–Crippen MR) is 101 cm³/mol. The van der Waals surface area contributed by atoms with E-state index >= 15 is 0 Å². The predicted octanol–water partition coefficient (Wildman–Crippen LogP) is 2.73. The monoisotopic (exact) mass is 385 g/mol. The fourth-order valence-corrected chi connectivity index (χ4v) is 2.97. The number of thioether (sulfide) groups is 1. The molecule has 0 spiro atoms. The number of ketones is 1. The molecule has 0 saturated carbocycles. The van der Waals surface area contributed by atoms with E-state index in [-0.39, 0.29) is 23.3 Å². The summed E-state index contributed by atoms with van der Waals surface area (Å²) in [6, 6.07) is 12.4. The van der Waals surface area contributed by atoms with E-state index in [9.17, 15) is 14.0 Å². The second-order valence-corrected chi connectivity index (χ2v) is 6.60. The molecule has 2 aromatic carbocycles. The minimum atomic E-state index is -0.359. The number of hydrogen-bond donors (Lipinski definition) is 2. The van der Waals surface area contributed by atoms with Crippen LogP contribution in [0.5, 0.6) is 0 Å². The summed E-state index contributed by atoms with van der Waals surface area (Å²) in [5.74, 6) is 5.69. The summed E-state index contributed by atoms with van der Waals surface area (Å²) in [7, 11) is 0. The molecule has 7 nitrogen and oxygen atoms in total. The summed E-state index contributed by atoms with van der Waals surface area (Å²) in [4.78, 5) is 23.5. The van der Waals surface area contributed by atoms with E-state index in [2.05, 4.69) is 15.5 Å². The van der Waals surface area contributed by atoms with Gasteiger partial charge in [-0.2, -0.15) is 0 Å². The Morgan fingerprint density at radius 1 is 1.19 bits per heavy atom. The first kappa shape index (κ1) is 18.6. The molecule has 3 N–H and O–H groups in total. The molecule has 0 atom stereocenters. The van der Waals surface area contributed by atoms with Gasteiger partial charge >= 0.3 is 0 Å². The molecular formula is C18H16FN5O2S. The van der Waals surface area contributed by atoms with E-state index < -0.39 is 0 Å². The fraction of sp³-hybridized carbons (Fsp3) is 0.111. The lowest BCUT2D eigenvalue weighted by molar-refractivity contribution is -0.113. The molecule has 0 aliphatic heterocycles. The van der Waals surface area contributed by atoms with Gasteiger partial charge < -0.3 is 11.2 Å². The normalized spacial score (nSPS) is 10.6. The van der Waals surface area contributed by atoms with Crippen LogP contribution < -0.4 is 11.2 Å². The zero-order valence-corrected chi connectivity index (χ0v) is 15.2. The van der Waals surface area contributed by atoms with Crippen LogP contribution in [0.4, 0.5) is 10.1 Å². The topological polar surface area (TPSA) is 103 Å². The lowest BCUT2D eigenvalue weighted by atomic mass is 10.1. The molecule has 0 bridgehead atoms. The summed E-state index contributed by atoms with van der Waals surface area (Å²) in [5.41, 5.74) is 1.67. The zero-order chi connectivity index (χ0) is 19.4. The van der Waals surface area contributed by atoms with Crippen molar-refractivity contribution < 1.29 is 14.0 Å². The molecule has 3 rings (SSSR count). The quantitative estimate of drug-likeness (QED) is 0.384. The first-order valence-corrected chi connectivity index (χ1v) is 8.92. The van der Waals surface area contributed by atoms with Crippen molar-refractivity contribution in [2.24, 2.45) is 0 Å². The zero-order valence-electron chi connectivity index (χ0n) is 14.3. The fourth-order valence-electron chi connectivity index (χ4n) is 2.31. The third-order valence-electron chi connectivity index (χ3n) is 3.65. The van der Waals surface area contributed by atoms with E-state index in [0.717, 1.165) is 11.8 Å². The second kappa shape index (κ2) is 8.00. The van der Waals surface area contributed by atoms with Gasteiger partial charge in [0.2, 0.25) is 11.1 Å². The first-order chi connectivity index (χ1) is 12.9. The Bertz CT molecular complexity index is 988. The van der Waals surface area contributed by atoms with Gasteiger partial charge in [-0.15, -0.1) is 10.2 Å². The van der Waals surface area contributed by atoms with Crippen LogP contribution in [-0.4, -0.2) is 32.3 Å². The van der Waals surface area contributed by atoms with Crippen LogP contribution in [0, 0.1) is 5.82 Å². The van der Waals surface area contributed by atoms with E-state index in [1.165, 1.54) is 23.7 Å². The standard InChI is InChI=1S/C18H16FN5O2S/c1-11(25)13-3-2-4-15(9-13)21-16(26)10-27-18-23-22-17(24(18)20)12-5-7-14(19)8-6-12/h2-9H,10,20H2,1H3,(H,21,26). The number of carbonyl (C=O) groups is 2. The highest BCUT2D eigenvalue weighted by Crippen LogP contribution is 2.22. The summed E-state index contributed by atoms with van der Waals surface area (Å²) in [6.45, 7) is 1.46. The van der Waals surface area contributed by atoms with Gasteiger partial charge in [-0.1, -0.05) is 23.9 Å². The van der Waals surface area contributed by atoms with Crippen molar-refractivity contribution in [3.8, 4) is 11.4 Å². The third-order valence-corrected chi connectivity index (χ3v) is 4.60. The maximum absolute atomic E-state index is 13.0. The lowest BCUT2D eigenvalue weighted by Crippen LogP contribution is -2.16. The number of hydrogen-bond acceptors (Lipinski definition) is 6. The van der Waals surface area contributed by atoms with E-state index in [1.807, 2.05) is 0 Å². The molecular weight excluding hydrogens is 369 g/mol. The van der Waals surface area contributed by atoms with Crippen LogP contribution in [0.3, 0.4) is 0 Å². The average molecular weight is 385 g/mol. The summed E-state index contributed by atoms with van der Waals surface area (Å²) >= 11 is 1.11. The Labute approximate surface area is 158 Å². The van der Waals surface area contributed by atoms with E-state index in [1.54, 1.807) is 36.4 Å². The SMILES string of the molecule is CC(=O)c1cccc(NC(=O)CSc2nnc(-c3ccc(F)cc3)n2N)c1. The number of aromatic nitrogens is 3. The van der Waals surface area contributed by atoms with E-state index in [4.69, 9.17) is 5.84 Å². The number of nitrogens with zero attached hydrogens (tertiary/aromatic N) is 3. The van der Waals surface area contributed by atoms with Crippen molar-refractivity contribution in [3.05, 3.63) is 59.9 Å². The summed E-state index contributed by atoms with van der Waals surface area (Å²) < 4.78 is 14.3. The number of anilines is 1. The van der Waals surface area contributed by atoms with Crippen molar-refractivity contribution in [1.82, 2.24) is 14.9 Å². The molecule has 138 valence electrons. The van der Waals surface area contributed by atoms with Gasteiger partial charge in [-0.25, -0.2) is 9.07 Å². The van der Waals surface area contributed by atoms with Crippen LogP contribution in [-0.2, 0) is 4.79 Å². The first-order valence-electron chi connectivity index (χ1n) is 7.94. The number of amides is 1. The van der Waals surface area contributed by atoms with Crippen LogP contribution in [0.25, 0.3) is 11.4 Å². The molecule has 0 aliphatic carbocycles. The average Bonchev–Trinajstić information content (AvgIpc) is 3.01. The van der Waals surface area contributed by atoms with Gasteiger partial charge in [0.25, 0.3) is 0 Å². The number of carbonyl (C=O) groups excluding carboxylic acids is 2. The molecule has 1 aromatic heterocycles. The minimum absolute atomic E-state index is 0.0586. The third kappa shape index (κ3) is 4.50. The lowest BCUT2D eigenvalue weighted by Gasteiger charge is -2.06. The molecule has 0 saturated heterocycles. The smallest absolute Gasteiger partial charge is 0.234 e. The molecule has 3 aromatic rings. The summed E-state index contributed by atoms with van der Waals surface area (Å²) in [5, 5.41) is 11.0. The number of Topliss-reactive ketones (excluding diaryl/α,β-unsaturated/α-hetero) is 1. The van der Waals surface area contributed by atoms with Crippen LogP contribution in [0.2, 0.25) is 0 Å². The Balaban J connectivity index is 1.63. The van der Waals surface area contributed by atoms with Crippen molar-refractivity contribution >= 4 is 29.1 Å². The number of nitrogens with one attached hydrogen (secondary N) is 1. The number of nitrogen functional groups attached to an aromatic ring is 1. The number of halogens is 1. The van der Waals surface area contributed by atoms with Crippen molar-refractivity contribution in [3.63, 3.8) is 0 Å². The Kier molecular flexibility index (Phi) is 5.51. The van der Waals surface area contributed by atoms with Crippen molar-refractivity contribution in [1.29, 1.82) is 0 Å². The van der Waals surface area contributed by atoms with Gasteiger partial charge in [-0.05, 0) is 43.3 Å². The van der Waals surface area contributed by atoms with Crippen LogP contribution >= 0.6 is 11.8 Å². The van der Waals surface area contributed by atoms with Gasteiger partial charge in [-0.3, -0.25) is 9.59 Å². The van der Waals surface area contributed by atoms with Crippen LogP contribution in [0.1, 0.15) is 17.3 Å². The summed E-state index contributed by atoms with van der Waals surface area (Å²) in [6.07, 6.45) is 0. The Morgan fingerprint density at radius 3 is 2.63 bits per heavy atom. The molecule has 27 heavy (non-hydrogen) atoms. The highest BCUT2D eigenvalue weighted by atomic mass is 32.2. The molecule has 0 radical (unpaired) electrons. The van der Waals surface area contributed by atoms with Gasteiger partial charge in [0.15, 0.2) is 11.6 Å². The molecule has 1 heterocycles. The van der Waals surface area contributed by atoms with Gasteiger partial charge in [0.1, 0.15) is 5.82 Å². The molecule has 1 amide bonds. The van der Waals surface area contributed by atoms with Crippen LogP contribution in [0.15, 0.2) is 53.7 Å². The van der Waals surface area contributed by atoms with E-state index in [0.29, 0.717) is 27.8 Å². The molecule has 9 heteroatoms. The second-order valence-electron chi connectivity index (χ2n) is 5.66. The Morgan fingerprint density at radius 2 is 1.93 bits per heavy atom. The number of nitrogens with two attached hydrogens (primary N) is 1. The van der Waals surface area contributed by atoms with Crippen molar-refractivity contribution in [2.45, 2.75) is 12.1 Å². The highest BCUT2D eigenvalue weighted by Gasteiger charge is 2.14. The highest BCUT2D eigenvalue weighted by molar-refractivity contribution is 7.99. The number of rotatable bonds is 6. The molecule has 0 unspecified atom stereocenters. The van der Waals surface area contributed by atoms with Gasteiger partial charge in [0.05, 0.1) is 5.75 Å². The van der Waals surface area contributed by atoms with Crippen molar-refractivity contribution in [2.75, 3.05) is 16.9 Å². The number of benzene rings is 2. The molecule has 0 fully saturated rings. The molecule has 0 aliphatic rings. The maximum atomic E-state index is 13.0. The van der Waals surface area contributed by atoms with Gasteiger partial charge in [0, 0.05) is 16.8 Å².